The lowest BCUT2D eigenvalue weighted by Gasteiger charge is -2.17. The van der Waals surface area contributed by atoms with Crippen molar-refractivity contribution in [2.24, 2.45) is 12.1 Å². The molecule has 138 valence electrons. The third kappa shape index (κ3) is 3.70. The largest absolute Gasteiger partial charge is 0.484 e. The van der Waals surface area contributed by atoms with Crippen molar-refractivity contribution in [2.75, 3.05) is 11.9 Å². The van der Waals surface area contributed by atoms with E-state index in [0.717, 1.165) is 21.5 Å². The Hall–Kier alpha value is -3.13. The lowest BCUT2D eigenvalue weighted by molar-refractivity contribution is -0.123. The maximum absolute atomic E-state index is 12.1. The van der Waals surface area contributed by atoms with Crippen LogP contribution in [0.25, 0.3) is 10.2 Å². The van der Waals surface area contributed by atoms with Gasteiger partial charge in [-0.3, -0.25) is 9.59 Å². The summed E-state index contributed by atoms with van der Waals surface area (Å²) in [5.74, 6) is 0.275. The lowest BCUT2D eigenvalue weighted by Crippen LogP contribution is -2.28. The number of thiazole rings is 1. The Morgan fingerprint density at radius 2 is 2.15 bits per heavy atom. The van der Waals surface area contributed by atoms with Crippen LogP contribution in [0.5, 0.6) is 5.75 Å². The number of rotatable bonds is 4. The fourth-order valence-electron chi connectivity index (χ4n) is 2.93. The van der Waals surface area contributed by atoms with E-state index in [2.05, 4.69) is 15.8 Å². The van der Waals surface area contributed by atoms with Crippen LogP contribution >= 0.6 is 11.3 Å². The molecule has 0 spiro atoms. The Morgan fingerprint density at radius 1 is 1.30 bits per heavy atom. The highest BCUT2D eigenvalue weighted by atomic mass is 32.1. The molecule has 7 nitrogen and oxygen atoms in total. The molecule has 0 fully saturated rings. The van der Waals surface area contributed by atoms with Crippen molar-refractivity contribution < 1.29 is 14.3 Å². The summed E-state index contributed by atoms with van der Waals surface area (Å²) in [6, 6.07) is 13.3. The van der Waals surface area contributed by atoms with E-state index >= 15 is 0 Å². The summed E-state index contributed by atoms with van der Waals surface area (Å²) < 4.78 is 8.58. The minimum absolute atomic E-state index is 0.0200. The summed E-state index contributed by atoms with van der Waals surface area (Å²) in [6.45, 7) is -0.136. The van der Waals surface area contributed by atoms with E-state index in [1.807, 2.05) is 41.9 Å². The minimum Gasteiger partial charge on any atom is -0.484 e. The topological polar surface area (TPSA) is 84.7 Å². The molecule has 0 saturated carbocycles. The van der Waals surface area contributed by atoms with Crippen LogP contribution < -0.4 is 20.3 Å². The van der Waals surface area contributed by atoms with Crippen LogP contribution in [0, 0.1) is 0 Å². The van der Waals surface area contributed by atoms with Crippen LogP contribution in [0.15, 0.2) is 47.6 Å². The van der Waals surface area contributed by atoms with Crippen LogP contribution in [0.1, 0.15) is 12.0 Å². The third-order valence-corrected chi connectivity index (χ3v) is 5.45. The van der Waals surface area contributed by atoms with Crippen molar-refractivity contribution >= 4 is 39.1 Å². The highest BCUT2D eigenvalue weighted by Crippen LogP contribution is 2.26. The number of hydrogen-bond acceptors (Lipinski definition) is 5. The molecule has 2 amide bonds. The quantitative estimate of drug-likeness (QED) is 0.678. The molecule has 2 N–H and O–H groups in total. The fourth-order valence-corrected chi connectivity index (χ4v) is 3.91. The Kier molecular flexibility index (Phi) is 4.64. The molecule has 0 aliphatic carbocycles. The zero-order chi connectivity index (χ0) is 18.8. The van der Waals surface area contributed by atoms with Gasteiger partial charge in [-0.1, -0.05) is 23.5 Å². The highest BCUT2D eigenvalue weighted by Gasteiger charge is 2.15. The van der Waals surface area contributed by atoms with E-state index in [1.54, 1.807) is 12.1 Å². The number of para-hydroxylation sites is 1. The SMILES string of the molecule is Cn1/c(=N\NC(=O)COc2ccc3c(c2)CCC(=O)N3)sc2ccccc21. The van der Waals surface area contributed by atoms with Crippen molar-refractivity contribution in [3.05, 3.63) is 52.8 Å². The predicted molar refractivity (Wildman–Crippen MR) is 103 cm³/mol. The van der Waals surface area contributed by atoms with Crippen LogP contribution in [0.4, 0.5) is 5.69 Å². The summed E-state index contributed by atoms with van der Waals surface area (Å²) in [5.41, 5.74) is 5.41. The number of amides is 2. The molecule has 8 heteroatoms. The summed E-state index contributed by atoms with van der Waals surface area (Å²) in [7, 11) is 1.91. The molecule has 0 radical (unpaired) electrons. The van der Waals surface area contributed by atoms with Crippen LogP contribution in [-0.4, -0.2) is 23.0 Å². The van der Waals surface area contributed by atoms with Gasteiger partial charge in [-0.05, 0) is 42.3 Å². The van der Waals surface area contributed by atoms with Gasteiger partial charge >= 0.3 is 0 Å². The number of carbonyl (C=O) groups is 2. The summed E-state index contributed by atoms with van der Waals surface area (Å²) in [5, 5.41) is 7.00. The Labute approximate surface area is 159 Å². The molecule has 1 aliphatic rings. The zero-order valence-electron chi connectivity index (χ0n) is 14.7. The average molecular weight is 382 g/mol. The number of anilines is 1. The van der Waals surface area contributed by atoms with Crippen LogP contribution in [-0.2, 0) is 23.1 Å². The highest BCUT2D eigenvalue weighted by molar-refractivity contribution is 7.16. The number of ether oxygens (including phenoxy) is 1. The maximum atomic E-state index is 12.1. The molecule has 1 aromatic heterocycles. The van der Waals surface area contributed by atoms with Gasteiger partial charge in [0.25, 0.3) is 5.91 Å². The molecule has 1 aliphatic heterocycles. The van der Waals surface area contributed by atoms with E-state index in [4.69, 9.17) is 4.74 Å². The van der Waals surface area contributed by atoms with Gasteiger partial charge in [-0.25, -0.2) is 5.43 Å². The normalized spacial score (nSPS) is 14.0. The minimum atomic E-state index is -0.335. The second-order valence-electron chi connectivity index (χ2n) is 6.21. The predicted octanol–water partition coefficient (Wildman–Crippen LogP) is 2.14. The molecule has 2 aromatic carbocycles. The summed E-state index contributed by atoms with van der Waals surface area (Å²) in [6.07, 6.45) is 1.13. The average Bonchev–Trinajstić information content (AvgIpc) is 3.00. The van der Waals surface area contributed by atoms with E-state index in [0.29, 0.717) is 23.4 Å². The smallest absolute Gasteiger partial charge is 0.278 e. The van der Waals surface area contributed by atoms with Crippen LogP contribution in [0.3, 0.4) is 0 Å². The van der Waals surface area contributed by atoms with Crippen molar-refractivity contribution in [1.82, 2.24) is 9.99 Å². The number of hydrogen-bond donors (Lipinski definition) is 2. The van der Waals surface area contributed by atoms with Gasteiger partial charge in [0, 0.05) is 19.2 Å². The molecule has 0 atom stereocenters. The number of aromatic nitrogens is 1. The zero-order valence-corrected chi connectivity index (χ0v) is 15.5. The second-order valence-corrected chi connectivity index (χ2v) is 7.22. The number of aryl methyl sites for hydroxylation is 2. The Balaban J connectivity index is 1.40. The third-order valence-electron chi connectivity index (χ3n) is 4.33. The van der Waals surface area contributed by atoms with Crippen LogP contribution in [0.2, 0.25) is 0 Å². The first kappa shape index (κ1) is 17.3. The molecular formula is C19H18N4O3S. The first-order valence-corrected chi connectivity index (χ1v) is 9.34. The number of fused-ring (bicyclic) bond motifs is 2. The molecule has 0 unspecified atom stereocenters. The number of nitrogens with zero attached hydrogens (tertiary/aromatic N) is 2. The summed E-state index contributed by atoms with van der Waals surface area (Å²) >= 11 is 1.50. The van der Waals surface area contributed by atoms with Gasteiger partial charge in [0.2, 0.25) is 10.7 Å². The van der Waals surface area contributed by atoms with E-state index < -0.39 is 0 Å². The van der Waals surface area contributed by atoms with E-state index in [1.165, 1.54) is 11.3 Å². The summed E-state index contributed by atoms with van der Waals surface area (Å²) in [4.78, 5) is 24.1. The Morgan fingerprint density at radius 3 is 3.00 bits per heavy atom. The van der Waals surface area contributed by atoms with Gasteiger partial charge < -0.3 is 14.6 Å². The molecule has 27 heavy (non-hydrogen) atoms. The molecular weight excluding hydrogens is 364 g/mol. The molecule has 3 aromatic rings. The second kappa shape index (κ2) is 7.24. The first-order valence-electron chi connectivity index (χ1n) is 8.53. The molecule has 2 heterocycles. The van der Waals surface area contributed by atoms with Crippen molar-refractivity contribution in [1.29, 1.82) is 0 Å². The van der Waals surface area contributed by atoms with Gasteiger partial charge in [0.15, 0.2) is 6.61 Å². The monoisotopic (exact) mass is 382 g/mol. The van der Waals surface area contributed by atoms with Gasteiger partial charge in [0.05, 0.1) is 10.2 Å². The molecule has 4 rings (SSSR count). The van der Waals surface area contributed by atoms with Crippen molar-refractivity contribution in [3.63, 3.8) is 0 Å². The first-order chi connectivity index (χ1) is 13.1. The molecule has 0 bridgehead atoms. The standard InChI is InChI=1S/C19H18N4O3S/c1-23-15-4-2-3-5-16(15)27-19(23)22-21-18(25)11-26-13-7-8-14-12(10-13)6-9-17(24)20-14/h2-5,7-8,10H,6,9,11H2,1H3,(H,20,24)(H,21,25)/b22-19+. The van der Waals surface area contributed by atoms with E-state index in [9.17, 15) is 9.59 Å². The number of nitrogens with one attached hydrogen (secondary N) is 2. The van der Waals surface area contributed by atoms with Gasteiger partial charge in [0.1, 0.15) is 5.75 Å². The maximum Gasteiger partial charge on any atom is 0.278 e. The van der Waals surface area contributed by atoms with Gasteiger partial charge in [-0.15, -0.1) is 5.10 Å². The van der Waals surface area contributed by atoms with E-state index in [-0.39, 0.29) is 18.4 Å². The number of carbonyl (C=O) groups excluding carboxylic acids is 2. The van der Waals surface area contributed by atoms with Crippen molar-refractivity contribution in [2.45, 2.75) is 12.8 Å². The lowest BCUT2D eigenvalue weighted by atomic mass is 10.0. The number of benzene rings is 2. The van der Waals surface area contributed by atoms with Crippen molar-refractivity contribution in [3.8, 4) is 5.75 Å². The fraction of sp³-hybridized carbons (Fsp3) is 0.211. The van der Waals surface area contributed by atoms with Gasteiger partial charge in [-0.2, -0.15) is 0 Å². The molecule has 0 saturated heterocycles. The Bertz CT molecular complexity index is 1100.